The van der Waals surface area contributed by atoms with Crippen molar-refractivity contribution in [1.29, 1.82) is 0 Å². The molecule has 78 valence electrons. The van der Waals surface area contributed by atoms with Gasteiger partial charge in [-0.15, -0.1) is 0 Å². The number of hydrogen-bond acceptors (Lipinski definition) is 4. The molecule has 1 aromatic rings. The summed E-state index contributed by atoms with van der Waals surface area (Å²) in [6.07, 6.45) is 3.05. The first-order valence-corrected chi connectivity index (χ1v) is 5.74. The summed E-state index contributed by atoms with van der Waals surface area (Å²) in [6, 6.07) is 0. The Morgan fingerprint density at radius 2 is 2.43 bits per heavy atom. The number of thioether (sulfide) groups is 1. The topological polar surface area (TPSA) is 37.8 Å². The van der Waals surface area contributed by atoms with Gasteiger partial charge in [-0.3, -0.25) is 0 Å². The summed E-state index contributed by atoms with van der Waals surface area (Å²) in [5, 5.41) is 3.31. The van der Waals surface area contributed by atoms with Crippen LogP contribution in [0.3, 0.4) is 0 Å². The number of nitrogens with zero attached hydrogens (tertiary/aromatic N) is 2. The second-order valence-electron chi connectivity index (χ2n) is 2.76. The van der Waals surface area contributed by atoms with Gasteiger partial charge in [0.15, 0.2) is 11.6 Å². The third-order valence-electron chi connectivity index (χ3n) is 1.67. The van der Waals surface area contributed by atoms with Gasteiger partial charge in [0.2, 0.25) is 5.28 Å². The lowest BCUT2D eigenvalue weighted by Gasteiger charge is -2.10. The average Bonchev–Trinajstić information content (AvgIpc) is 2.19. The predicted octanol–water partition coefficient (Wildman–Crippen LogP) is 2.43. The highest BCUT2D eigenvalue weighted by Crippen LogP contribution is 2.13. The highest BCUT2D eigenvalue weighted by Gasteiger charge is 2.06. The minimum Gasteiger partial charge on any atom is -0.366 e. The van der Waals surface area contributed by atoms with Crippen molar-refractivity contribution < 1.29 is 4.39 Å². The molecule has 0 aliphatic heterocycles. The Kier molecular flexibility index (Phi) is 4.41. The van der Waals surface area contributed by atoms with Crippen molar-refractivity contribution in [3.8, 4) is 0 Å². The third kappa shape index (κ3) is 3.31. The summed E-state index contributed by atoms with van der Waals surface area (Å²) in [5.74, 6) is -0.325. The normalized spacial score (nSPS) is 12.6. The van der Waals surface area contributed by atoms with Gasteiger partial charge in [0, 0.05) is 11.8 Å². The SMILES string of the molecule is CSC(C)CNc1nc(Cl)ncc1F. The van der Waals surface area contributed by atoms with Crippen molar-refractivity contribution in [2.75, 3.05) is 18.1 Å². The van der Waals surface area contributed by atoms with E-state index in [2.05, 4.69) is 15.3 Å². The van der Waals surface area contributed by atoms with Gasteiger partial charge in [-0.05, 0) is 17.9 Å². The Morgan fingerprint density at radius 1 is 1.71 bits per heavy atom. The minimum absolute atomic E-state index is 0.0469. The van der Waals surface area contributed by atoms with E-state index < -0.39 is 5.82 Å². The Labute approximate surface area is 91.5 Å². The number of hydrogen-bond donors (Lipinski definition) is 1. The van der Waals surface area contributed by atoms with Crippen molar-refractivity contribution in [2.24, 2.45) is 0 Å². The van der Waals surface area contributed by atoms with Crippen LogP contribution in [-0.2, 0) is 0 Å². The lowest BCUT2D eigenvalue weighted by atomic mass is 10.4. The summed E-state index contributed by atoms with van der Waals surface area (Å²) >= 11 is 7.22. The summed E-state index contributed by atoms with van der Waals surface area (Å²) in [4.78, 5) is 7.26. The zero-order valence-corrected chi connectivity index (χ0v) is 9.49. The van der Waals surface area contributed by atoms with Crippen molar-refractivity contribution in [3.63, 3.8) is 0 Å². The largest absolute Gasteiger partial charge is 0.366 e. The molecule has 6 heteroatoms. The number of nitrogens with one attached hydrogen (secondary N) is 1. The second kappa shape index (κ2) is 5.36. The van der Waals surface area contributed by atoms with Gasteiger partial charge >= 0.3 is 0 Å². The van der Waals surface area contributed by atoms with Gasteiger partial charge in [0.25, 0.3) is 0 Å². The maximum absolute atomic E-state index is 13.1. The Hall–Kier alpha value is -0.550. The monoisotopic (exact) mass is 235 g/mol. The molecule has 0 saturated carbocycles. The van der Waals surface area contributed by atoms with Gasteiger partial charge in [-0.1, -0.05) is 6.92 Å². The molecule has 3 nitrogen and oxygen atoms in total. The molecule has 0 aliphatic carbocycles. The zero-order chi connectivity index (χ0) is 10.6. The number of rotatable bonds is 4. The maximum Gasteiger partial charge on any atom is 0.224 e. The molecule has 0 saturated heterocycles. The first-order chi connectivity index (χ1) is 6.63. The van der Waals surface area contributed by atoms with Crippen molar-refractivity contribution in [3.05, 3.63) is 17.3 Å². The van der Waals surface area contributed by atoms with Crippen LogP contribution in [0.25, 0.3) is 0 Å². The van der Waals surface area contributed by atoms with Crippen LogP contribution in [0.15, 0.2) is 6.20 Å². The molecule has 1 rings (SSSR count). The predicted molar refractivity (Wildman–Crippen MR) is 58.5 cm³/mol. The van der Waals surface area contributed by atoms with E-state index in [1.54, 1.807) is 11.8 Å². The van der Waals surface area contributed by atoms with Crippen LogP contribution < -0.4 is 5.32 Å². The fourth-order valence-corrected chi connectivity index (χ4v) is 1.18. The van der Waals surface area contributed by atoms with E-state index in [0.29, 0.717) is 11.8 Å². The fraction of sp³-hybridized carbons (Fsp3) is 0.500. The molecule has 1 unspecified atom stereocenters. The highest BCUT2D eigenvalue weighted by atomic mass is 35.5. The van der Waals surface area contributed by atoms with E-state index in [1.165, 1.54) is 0 Å². The summed E-state index contributed by atoms with van der Waals surface area (Å²) in [6.45, 7) is 2.68. The molecule has 0 radical (unpaired) electrons. The molecule has 0 aliphatic rings. The van der Waals surface area contributed by atoms with E-state index >= 15 is 0 Å². The van der Waals surface area contributed by atoms with Crippen molar-refractivity contribution >= 4 is 29.2 Å². The molecule has 0 spiro atoms. The summed E-state index contributed by atoms with van der Waals surface area (Å²) < 4.78 is 13.1. The van der Waals surface area contributed by atoms with Crippen molar-refractivity contribution in [1.82, 2.24) is 9.97 Å². The van der Waals surface area contributed by atoms with Gasteiger partial charge in [0.1, 0.15) is 0 Å². The molecule has 1 atom stereocenters. The number of aromatic nitrogens is 2. The number of anilines is 1. The van der Waals surface area contributed by atoms with Crippen LogP contribution in [0.4, 0.5) is 10.2 Å². The molecule has 0 amide bonds. The summed E-state index contributed by atoms with van der Waals surface area (Å²) in [7, 11) is 0. The number of halogens is 2. The lowest BCUT2D eigenvalue weighted by Crippen LogP contribution is -2.14. The minimum atomic E-state index is -0.484. The van der Waals surface area contributed by atoms with Gasteiger partial charge in [-0.2, -0.15) is 16.7 Å². The van der Waals surface area contributed by atoms with Crippen LogP contribution >= 0.6 is 23.4 Å². The van der Waals surface area contributed by atoms with Crippen LogP contribution in [0.2, 0.25) is 5.28 Å². The Morgan fingerprint density at radius 3 is 3.07 bits per heavy atom. The second-order valence-corrected chi connectivity index (χ2v) is 4.38. The fourth-order valence-electron chi connectivity index (χ4n) is 0.793. The molecular weight excluding hydrogens is 225 g/mol. The lowest BCUT2D eigenvalue weighted by molar-refractivity contribution is 0.616. The third-order valence-corrected chi connectivity index (χ3v) is 2.83. The van der Waals surface area contributed by atoms with E-state index in [4.69, 9.17) is 11.6 Å². The van der Waals surface area contributed by atoms with Crippen LogP contribution in [0, 0.1) is 5.82 Å². The quantitative estimate of drug-likeness (QED) is 0.814. The molecule has 1 heterocycles. The molecule has 1 aromatic heterocycles. The maximum atomic E-state index is 13.1. The standard InChI is InChI=1S/C8H11ClFN3S/c1-5(14-2)3-11-7-6(10)4-12-8(9)13-7/h4-5H,3H2,1-2H3,(H,11,12,13). The molecule has 0 aromatic carbocycles. The Bertz CT molecular complexity index is 311. The van der Waals surface area contributed by atoms with Gasteiger partial charge < -0.3 is 5.32 Å². The smallest absolute Gasteiger partial charge is 0.224 e. The molecule has 0 fully saturated rings. The highest BCUT2D eigenvalue weighted by molar-refractivity contribution is 7.99. The van der Waals surface area contributed by atoms with E-state index in [9.17, 15) is 4.39 Å². The molecule has 1 N–H and O–H groups in total. The summed E-state index contributed by atoms with van der Waals surface area (Å²) in [5.41, 5.74) is 0. The van der Waals surface area contributed by atoms with Gasteiger partial charge in [0.05, 0.1) is 6.20 Å². The first kappa shape index (κ1) is 11.5. The molecular formula is C8H11ClFN3S. The van der Waals surface area contributed by atoms with Crippen LogP contribution in [0.1, 0.15) is 6.92 Å². The van der Waals surface area contributed by atoms with Gasteiger partial charge in [-0.25, -0.2) is 9.37 Å². The van der Waals surface area contributed by atoms with Crippen molar-refractivity contribution in [2.45, 2.75) is 12.2 Å². The molecule has 14 heavy (non-hydrogen) atoms. The molecule has 0 bridgehead atoms. The average molecular weight is 236 g/mol. The van der Waals surface area contributed by atoms with E-state index in [1.807, 2.05) is 13.2 Å². The van der Waals surface area contributed by atoms with E-state index in [0.717, 1.165) is 6.20 Å². The zero-order valence-electron chi connectivity index (χ0n) is 7.92. The van der Waals surface area contributed by atoms with Crippen LogP contribution in [-0.4, -0.2) is 28.0 Å². The van der Waals surface area contributed by atoms with Crippen LogP contribution in [0.5, 0.6) is 0 Å². The first-order valence-electron chi connectivity index (χ1n) is 4.08. The van der Waals surface area contributed by atoms with E-state index in [-0.39, 0.29) is 11.1 Å². The Balaban J connectivity index is 2.62.